The number of ether oxygens (including phenoxy) is 1. The smallest absolute Gasteiger partial charge is 0.247 e. The highest BCUT2D eigenvalue weighted by Crippen LogP contribution is 2.40. The fourth-order valence-corrected chi connectivity index (χ4v) is 7.28. The second kappa shape index (κ2) is 11.9. The quantitative estimate of drug-likeness (QED) is 0.290. The number of imidazole rings is 1. The van der Waals surface area contributed by atoms with Gasteiger partial charge in [0.2, 0.25) is 11.8 Å². The van der Waals surface area contributed by atoms with Crippen LogP contribution in [0.5, 0.6) is 11.6 Å². The Kier molecular flexibility index (Phi) is 8.12. The minimum absolute atomic E-state index is 0.0327. The van der Waals surface area contributed by atoms with Crippen molar-refractivity contribution in [2.45, 2.75) is 77.0 Å². The lowest BCUT2D eigenvalue weighted by Gasteiger charge is -2.37. The Morgan fingerprint density at radius 3 is 2.55 bits per heavy atom. The Hall–Kier alpha value is -3.94. The van der Waals surface area contributed by atoms with Gasteiger partial charge >= 0.3 is 0 Å². The normalized spacial score (nSPS) is 21.2. The fourth-order valence-electron chi connectivity index (χ4n) is 7.28. The first-order valence-corrected chi connectivity index (χ1v) is 15.7. The van der Waals surface area contributed by atoms with Crippen LogP contribution in [-0.2, 0) is 6.54 Å². The molecular weight excluding hydrogens is 559 g/mol. The van der Waals surface area contributed by atoms with Crippen LogP contribution in [0.2, 0.25) is 0 Å². The Labute approximate surface area is 257 Å². The molecule has 3 aliphatic heterocycles. The first-order valence-electron chi connectivity index (χ1n) is 15.7. The molecule has 10 heteroatoms. The van der Waals surface area contributed by atoms with Gasteiger partial charge in [0.05, 0.1) is 29.6 Å². The van der Waals surface area contributed by atoms with Crippen molar-refractivity contribution in [2.75, 3.05) is 37.7 Å². The summed E-state index contributed by atoms with van der Waals surface area (Å²) in [4.78, 5) is 19.0. The molecule has 3 aliphatic rings. The summed E-state index contributed by atoms with van der Waals surface area (Å²) < 4.78 is 23.1. The molecule has 5 heterocycles. The Bertz CT molecular complexity index is 1720. The van der Waals surface area contributed by atoms with E-state index in [1.807, 2.05) is 30.2 Å². The summed E-state index contributed by atoms with van der Waals surface area (Å²) >= 11 is 0. The standard InChI is InChI=1S/C32H35FN6O3.C2H6/c1-3-24-25(33)8-7-21-15-23(40)16-22(26(21)24)17-38-20-34-27-28(38)35-30(37-12-4-9-31(2,41)18-37)36-29(27)42-19-32-10-5-13-39(32)14-6-11-32;1-2/h1,7-8,15-16,20,40-41H,4-6,9-14,17-19H2,2H3;1-2H3. The molecular formula is C34H41FN6O3. The zero-order valence-electron chi connectivity index (χ0n) is 25.8. The molecule has 0 amide bonds. The highest BCUT2D eigenvalue weighted by molar-refractivity contribution is 5.92. The number of aromatic hydroxyl groups is 1. The van der Waals surface area contributed by atoms with Gasteiger partial charge in [-0.15, -0.1) is 6.42 Å². The zero-order valence-corrected chi connectivity index (χ0v) is 25.8. The lowest BCUT2D eigenvalue weighted by molar-refractivity contribution is 0.0444. The second-order valence-electron chi connectivity index (χ2n) is 12.4. The lowest BCUT2D eigenvalue weighted by Crippen LogP contribution is -2.47. The van der Waals surface area contributed by atoms with E-state index in [0.717, 1.165) is 38.9 Å². The molecule has 4 aromatic rings. The summed E-state index contributed by atoms with van der Waals surface area (Å²) in [5.41, 5.74) is 1.08. The maximum absolute atomic E-state index is 14.7. The van der Waals surface area contributed by atoms with Gasteiger partial charge in [0.15, 0.2) is 11.2 Å². The summed E-state index contributed by atoms with van der Waals surface area (Å²) in [6, 6.07) is 6.11. The van der Waals surface area contributed by atoms with Crippen LogP contribution in [0.25, 0.3) is 21.9 Å². The Morgan fingerprint density at radius 2 is 1.82 bits per heavy atom. The molecule has 1 atom stereocenters. The number of halogens is 1. The van der Waals surface area contributed by atoms with Crippen molar-refractivity contribution in [3.63, 3.8) is 0 Å². The minimum Gasteiger partial charge on any atom is -0.508 e. The largest absolute Gasteiger partial charge is 0.508 e. The van der Waals surface area contributed by atoms with Gasteiger partial charge in [-0.3, -0.25) is 4.90 Å². The third-order valence-electron chi connectivity index (χ3n) is 9.28. The molecule has 0 saturated carbocycles. The van der Waals surface area contributed by atoms with E-state index < -0.39 is 11.4 Å². The molecule has 0 spiro atoms. The number of phenolic OH excluding ortho intramolecular Hbond substituents is 1. The van der Waals surface area contributed by atoms with Gasteiger partial charge in [0, 0.05) is 18.5 Å². The van der Waals surface area contributed by atoms with Crippen molar-refractivity contribution in [1.82, 2.24) is 24.4 Å². The van der Waals surface area contributed by atoms with Crippen LogP contribution in [0.3, 0.4) is 0 Å². The van der Waals surface area contributed by atoms with Crippen LogP contribution in [0.4, 0.5) is 10.3 Å². The van der Waals surface area contributed by atoms with Gasteiger partial charge < -0.3 is 24.4 Å². The van der Waals surface area contributed by atoms with Crippen molar-refractivity contribution in [2.24, 2.45) is 0 Å². The van der Waals surface area contributed by atoms with Crippen LogP contribution in [0.15, 0.2) is 30.6 Å². The number of aliphatic hydroxyl groups is 1. The molecule has 2 aromatic heterocycles. The zero-order chi connectivity index (χ0) is 31.1. The topological polar surface area (TPSA) is 99.8 Å². The number of piperidine rings is 1. The predicted molar refractivity (Wildman–Crippen MR) is 170 cm³/mol. The molecule has 0 aliphatic carbocycles. The van der Waals surface area contributed by atoms with E-state index in [1.54, 1.807) is 24.5 Å². The van der Waals surface area contributed by atoms with Crippen molar-refractivity contribution < 1.29 is 19.3 Å². The molecule has 0 bridgehead atoms. The van der Waals surface area contributed by atoms with Gasteiger partial charge in [-0.25, -0.2) is 9.37 Å². The van der Waals surface area contributed by atoms with E-state index in [4.69, 9.17) is 21.1 Å². The number of benzene rings is 2. The number of terminal acetylenes is 1. The van der Waals surface area contributed by atoms with E-state index >= 15 is 0 Å². The van der Waals surface area contributed by atoms with Crippen molar-refractivity contribution in [3.8, 4) is 24.0 Å². The predicted octanol–water partition coefficient (Wildman–Crippen LogP) is 5.24. The Morgan fingerprint density at radius 1 is 1.07 bits per heavy atom. The summed E-state index contributed by atoms with van der Waals surface area (Å²) in [7, 11) is 0. The molecule has 3 fully saturated rings. The maximum Gasteiger partial charge on any atom is 0.247 e. The van der Waals surface area contributed by atoms with Crippen molar-refractivity contribution in [3.05, 3.63) is 47.5 Å². The second-order valence-corrected chi connectivity index (χ2v) is 12.4. The molecule has 2 N–H and O–H groups in total. The number of fused-ring (bicyclic) bond motifs is 3. The maximum atomic E-state index is 14.7. The van der Waals surface area contributed by atoms with Gasteiger partial charge in [-0.05, 0) is 87.7 Å². The van der Waals surface area contributed by atoms with E-state index in [9.17, 15) is 14.6 Å². The van der Waals surface area contributed by atoms with Gasteiger partial charge in [-0.2, -0.15) is 9.97 Å². The molecule has 2 aromatic carbocycles. The number of hydrogen-bond acceptors (Lipinski definition) is 8. The van der Waals surface area contributed by atoms with Crippen LogP contribution in [-0.4, -0.2) is 78.6 Å². The Balaban J connectivity index is 0.00000168. The summed E-state index contributed by atoms with van der Waals surface area (Å²) in [5, 5.41) is 22.5. The number of aromatic nitrogens is 4. The van der Waals surface area contributed by atoms with Gasteiger partial charge in [-0.1, -0.05) is 25.8 Å². The average Bonchev–Trinajstić information content (AvgIpc) is 3.71. The molecule has 232 valence electrons. The number of rotatable bonds is 6. The highest BCUT2D eigenvalue weighted by Gasteiger charge is 2.45. The minimum atomic E-state index is -0.846. The average molecular weight is 601 g/mol. The fraction of sp³-hybridized carbons (Fsp3) is 0.500. The molecule has 44 heavy (non-hydrogen) atoms. The number of phenols is 1. The monoisotopic (exact) mass is 600 g/mol. The van der Waals surface area contributed by atoms with Crippen LogP contribution >= 0.6 is 0 Å². The van der Waals surface area contributed by atoms with Crippen LogP contribution in [0, 0.1) is 18.2 Å². The number of hydrogen-bond donors (Lipinski definition) is 2. The van der Waals surface area contributed by atoms with Crippen LogP contribution in [0.1, 0.15) is 70.4 Å². The molecule has 1 unspecified atom stereocenters. The van der Waals surface area contributed by atoms with E-state index in [-0.39, 0.29) is 23.4 Å². The van der Waals surface area contributed by atoms with E-state index in [0.29, 0.717) is 58.9 Å². The molecule has 0 radical (unpaired) electrons. The lowest BCUT2D eigenvalue weighted by atomic mass is 9.95. The SMILES string of the molecule is C#Cc1c(F)ccc2cc(O)cc(Cn3cnc4c(OCC56CCCN5CCC6)nc(N5CCCC(C)(O)C5)nc43)c12.CC. The van der Waals surface area contributed by atoms with Crippen molar-refractivity contribution in [1.29, 1.82) is 0 Å². The third-order valence-corrected chi connectivity index (χ3v) is 9.28. The highest BCUT2D eigenvalue weighted by atomic mass is 19.1. The summed E-state index contributed by atoms with van der Waals surface area (Å²) in [6.45, 7) is 9.94. The summed E-state index contributed by atoms with van der Waals surface area (Å²) in [5.74, 6) is 2.95. The van der Waals surface area contributed by atoms with Gasteiger partial charge in [0.1, 0.15) is 18.2 Å². The number of β-amino-alcohol motifs (C(OH)–C–C–N with tert-alkyl or cyclic N) is 1. The first-order chi connectivity index (χ1) is 21.2. The molecule has 9 nitrogen and oxygen atoms in total. The van der Waals surface area contributed by atoms with E-state index in [2.05, 4.69) is 15.8 Å². The number of nitrogens with zero attached hydrogens (tertiary/aromatic N) is 6. The first kappa shape index (κ1) is 30.1. The van der Waals surface area contributed by atoms with Crippen molar-refractivity contribution >= 4 is 27.9 Å². The molecule has 7 rings (SSSR count). The van der Waals surface area contributed by atoms with Crippen LogP contribution < -0.4 is 9.64 Å². The third kappa shape index (κ3) is 5.44. The molecule has 3 saturated heterocycles. The number of anilines is 1. The van der Waals surface area contributed by atoms with Gasteiger partial charge in [0.25, 0.3) is 0 Å². The summed E-state index contributed by atoms with van der Waals surface area (Å²) in [6.07, 6.45) is 13.5. The van der Waals surface area contributed by atoms with E-state index in [1.165, 1.54) is 18.9 Å².